The number of halogens is 2. The molecule has 1 aromatic rings. The Labute approximate surface area is 85.4 Å². The van der Waals surface area contributed by atoms with E-state index in [1.54, 1.807) is 0 Å². The Morgan fingerprint density at radius 1 is 1.55 bits per heavy atom. The van der Waals surface area contributed by atoms with E-state index in [9.17, 15) is 0 Å². The molecule has 4 heteroatoms. The van der Waals surface area contributed by atoms with E-state index >= 15 is 0 Å². The third-order valence-electron chi connectivity index (χ3n) is 0.988. The van der Waals surface area contributed by atoms with Gasteiger partial charge in [0.2, 0.25) is 0 Å². The van der Waals surface area contributed by atoms with Gasteiger partial charge in [0.05, 0.1) is 0 Å². The average molecular weight is 198 g/mol. The summed E-state index contributed by atoms with van der Waals surface area (Å²) in [5.74, 6) is -2.92. The van der Waals surface area contributed by atoms with Crippen molar-refractivity contribution in [1.29, 1.82) is 0 Å². The monoisotopic (exact) mass is 197 g/mol. The third kappa shape index (κ3) is 2.04. The molecule has 0 aliphatic rings. The van der Waals surface area contributed by atoms with Gasteiger partial charge in [0, 0.05) is 9.60 Å². The molecule has 0 saturated heterocycles. The predicted molar refractivity (Wildman–Crippen MR) is 46.1 cm³/mol. The van der Waals surface area contributed by atoms with Crippen LogP contribution in [0.15, 0.2) is 6.07 Å². The van der Waals surface area contributed by atoms with Gasteiger partial charge in [-0.15, -0.1) is 10.2 Å². The maximum Gasteiger partial charge on any atom is 0.155 e. The first kappa shape index (κ1) is 3.19. The van der Waals surface area contributed by atoms with Crippen molar-refractivity contribution in [2.45, 2.75) is 19.6 Å². The van der Waals surface area contributed by atoms with Crippen molar-refractivity contribution in [3.63, 3.8) is 0 Å². The fourth-order valence-electron chi connectivity index (χ4n) is 0.528. The molecule has 1 heterocycles. The molecule has 0 radical (unpaired) electrons. The second-order valence-electron chi connectivity index (χ2n) is 1.75. The second-order valence-corrected chi connectivity index (χ2v) is 2.49. The van der Waals surface area contributed by atoms with Crippen LogP contribution in [0, 0.1) is 0 Å². The van der Waals surface area contributed by atoms with E-state index in [2.05, 4.69) is 10.2 Å². The van der Waals surface area contributed by atoms with Crippen LogP contribution in [0.2, 0.25) is 10.3 Å². The van der Waals surface area contributed by atoms with Gasteiger partial charge in [0.1, 0.15) is 0 Å². The second kappa shape index (κ2) is 3.37. The molecular weight excluding hydrogens is 183 g/mol. The Bertz CT molecular complexity index is 442. The summed E-state index contributed by atoms with van der Waals surface area (Å²) < 4.78 is 51.6. The van der Waals surface area contributed by atoms with E-state index in [1.165, 1.54) is 0 Å². The predicted octanol–water partition coefficient (Wildman–Crippen LogP) is 2.91. The van der Waals surface area contributed by atoms with Crippen molar-refractivity contribution >= 4 is 23.2 Å². The minimum Gasteiger partial charge on any atom is -0.137 e. The third-order valence-corrected chi connectivity index (χ3v) is 1.45. The van der Waals surface area contributed by atoms with Crippen molar-refractivity contribution in [1.82, 2.24) is 10.2 Å². The zero-order chi connectivity index (χ0) is 14.4. The van der Waals surface area contributed by atoms with E-state index < -0.39 is 30.3 Å². The number of hydrogen-bond acceptors (Lipinski definition) is 2. The molecule has 0 atom stereocenters. The Morgan fingerprint density at radius 2 is 2.27 bits per heavy atom. The Balaban J connectivity index is 3.61. The molecule has 0 amide bonds. The van der Waals surface area contributed by atoms with Gasteiger partial charge in [-0.2, -0.15) is 0 Å². The zero-order valence-electron chi connectivity index (χ0n) is 12.2. The lowest BCUT2D eigenvalue weighted by Crippen LogP contribution is -1.93. The van der Waals surface area contributed by atoms with Crippen LogP contribution in [0.3, 0.4) is 0 Å². The van der Waals surface area contributed by atoms with E-state index in [0.717, 1.165) is 6.07 Å². The standard InChI is InChI=1S/C7H8Cl2N2/c1-4(2)5-3-6(8)10-11-7(5)9/h3-4H,1-2H3/i1D3,2D3,4D. The highest BCUT2D eigenvalue weighted by Gasteiger charge is 2.06. The fourth-order valence-corrected chi connectivity index (χ4v) is 0.862. The number of nitrogens with zero attached hydrogens (tertiary/aromatic N) is 2. The van der Waals surface area contributed by atoms with Crippen LogP contribution < -0.4 is 0 Å². The van der Waals surface area contributed by atoms with Crippen molar-refractivity contribution < 1.29 is 9.60 Å². The van der Waals surface area contributed by atoms with E-state index in [-0.39, 0.29) is 5.15 Å². The lowest BCUT2D eigenvalue weighted by atomic mass is 10.1. The Morgan fingerprint density at radius 3 is 2.91 bits per heavy atom. The van der Waals surface area contributed by atoms with Gasteiger partial charge >= 0.3 is 0 Å². The molecule has 0 aromatic carbocycles. The Kier molecular flexibility index (Phi) is 0.977. The molecule has 0 bridgehead atoms. The van der Waals surface area contributed by atoms with Gasteiger partial charge in [-0.1, -0.05) is 36.9 Å². The summed E-state index contributed by atoms with van der Waals surface area (Å²) in [6.07, 6.45) is 0. The van der Waals surface area contributed by atoms with Gasteiger partial charge in [0.15, 0.2) is 10.3 Å². The van der Waals surface area contributed by atoms with E-state index in [1.807, 2.05) is 0 Å². The van der Waals surface area contributed by atoms with E-state index in [4.69, 9.17) is 32.8 Å². The van der Waals surface area contributed by atoms with Gasteiger partial charge in [-0.3, -0.25) is 0 Å². The molecule has 11 heavy (non-hydrogen) atoms. The van der Waals surface area contributed by atoms with E-state index in [0.29, 0.717) is 0 Å². The van der Waals surface area contributed by atoms with Gasteiger partial charge < -0.3 is 0 Å². The molecule has 0 saturated carbocycles. The maximum absolute atomic E-state index is 7.87. The number of rotatable bonds is 1. The molecular formula is C7H8Cl2N2. The molecule has 0 aliphatic carbocycles. The molecule has 0 aliphatic heterocycles. The van der Waals surface area contributed by atoms with Gasteiger partial charge in [-0.05, 0) is 17.5 Å². The molecule has 0 fully saturated rings. The minimum absolute atomic E-state index is 0.237. The van der Waals surface area contributed by atoms with Crippen LogP contribution in [0.1, 0.15) is 34.8 Å². The molecule has 0 spiro atoms. The lowest BCUT2D eigenvalue weighted by Gasteiger charge is -2.05. The fraction of sp³-hybridized carbons (Fsp3) is 0.429. The van der Waals surface area contributed by atoms with Crippen LogP contribution in [-0.2, 0) is 0 Å². The first-order valence-corrected chi connectivity index (χ1v) is 3.36. The summed E-state index contributed by atoms with van der Waals surface area (Å²) >= 11 is 11.2. The normalized spacial score (nSPS) is 23.3. The highest BCUT2D eigenvalue weighted by atomic mass is 35.5. The van der Waals surface area contributed by atoms with Crippen LogP contribution >= 0.6 is 23.2 Å². The number of aromatic nitrogens is 2. The maximum atomic E-state index is 7.87. The SMILES string of the molecule is [2H]C([2H])([2H])C([2H])(c1cc(Cl)nnc1Cl)C([2H])([2H])[2H]. The zero-order valence-corrected chi connectivity index (χ0v) is 6.74. The molecule has 0 unspecified atom stereocenters. The molecule has 1 rings (SSSR count). The Hall–Kier alpha value is -0.340. The summed E-state index contributed by atoms with van der Waals surface area (Å²) in [6, 6.07) is 0.933. The summed E-state index contributed by atoms with van der Waals surface area (Å²) in [5, 5.41) is 5.98. The summed E-state index contributed by atoms with van der Waals surface area (Å²) in [4.78, 5) is 0. The molecule has 1 aromatic heterocycles. The lowest BCUT2D eigenvalue weighted by molar-refractivity contribution is 0.842. The first-order chi connectivity index (χ1) is 7.91. The highest BCUT2D eigenvalue weighted by molar-refractivity contribution is 6.31. The molecule has 2 nitrogen and oxygen atoms in total. The average Bonchev–Trinajstić information content (AvgIpc) is 2.17. The molecule has 60 valence electrons. The smallest absolute Gasteiger partial charge is 0.137 e. The van der Waals surface area contributed by atoms with Crippen molar-refractivity contribution in [3.8, 4) is 0 Å². The van der Waals surface area contributed by atoms with Crippen LogP contribution in [-0.4, -0.2) is 10.2 Å². The van der Waals surface area contributed by atoms with Crippen molar-refractivity contribution in [3.05, 3.63) is 21.9 Å². The molecule has 0 N–H and O–H groups in total. The summed E-state index contributed by atoms with van der Waals surface area (Å²) in [7, 11) is 0. The van der Waals surface area contributed by atoms with Crippen LogP contribution in [0.4, 0.5) is 0 Å². The van der Waals surface area contributed by atoms with Crippen LogP contribution in [0.25, 0.3) is 0 Å². The highest BCUT2D eigenvalue weighted by Crippen LogP contribution is 2.22. The quantitative estimate of drug-likeness (QED) is 0.693. The first-order valence-electron chi connectivity index (χ1n) is 6.10. The summed E-state index contributed by atoms with van der Waals surface area (Å²) in [5.41, 5.74) is -0.496. The van der Waals surface area contributed by atoms with Crippen molar-refractivity contribution in [2.75, 3.05) is 0 Å². The van der Waals surface area contributed by atoms with Gasteiger partial charge in [0.25, 0.3) is 0 Å². The minimum atomic E-state index is -3.13. The number of hydrogen-bond donors (Lipinski definition) is 0. The van der Waals surface area contributed by atoms with Crippen LogP contribution in [0.5, 0.6) is 0 Å². The summed E-state index contributed by atoms with van der Waals surface area (Å²) in [6.45, 7) is -6.26. The topological polar surface area (TPSA) is 25.8 Å². The van der Waals surface area contributed by atoms with Gasteiger partial charge in [-0.25, -0.2) is 0 Å². The largest absolute Gasteiger partial charge is 0.155 e. The van der Waals surface area contributed by atoms with Crippen molar-refractivity contribution in [2.24, 2.45) is 0 Å².